The number of unbranched alkanes of at least 4 members (excludes halogenated alkanes) is 35. The van der Waals surface area contributed by atoms with E-state index in [0.29, 0.717) is 19.3 Å². The third kappa shape index (κ3) is 43.5. The summed E-state index contributed by atoms with van der Waals surface area (Å²) in [5.41, 5.74) is 0. The molecule has 0 saturated carbocycles. The van der Waals surface area contributed by atoms with Gasteiger partial charge in [-0.1, -0.05) is 245 Å². The van der Waals surface area contributed by atoms with E-state index in [1.165, 1.54) is 186 Å². The van der Waals surface area contributed by atoms with E-state index in [1.807, 2.05) is 0 Å². The molecule has 0 bridgehead atoms. The predicted molar refractivity (Wildman–Crippen MR) is 238 cm³/mol. The van der Waals surface area contributed by atoms with Crippen LogP contribution in [0.1, 0.15) is 284 Å². The van der Waals surface area contributed by atoms with E-state index in [0.717, 1.165) is 57.8 Å². The highest BCUT2D eigenvalue weighted by molar-refractivity contribution is 5.71. The molecular weight excluding hydrogens is 697 g/mol. The Balaban J connectivity index is 4.21. The van der Waals surface area contributed by atoms with E-state index in [2.05, 4.69) is 20.8 Å². The summed E-state index contributed by atoms with van der Waals surface area (Å²) in [5, 5.41) is 0. The number of carbonyl (C=O) groups is 3. The van der Waals surface area contributed by atoms with Gasteiger partial charge in [-0.15, -0.1) is 0 Å². The molecule has 0 fully saturated rings. The van der Waals surface area contributed by atoms with Crippen LogP contribution in [0.15, 0.2) is 0 Å². The third-order valence-electron chi connectivity index (χ3n) is 11.4. The minimum absolute atomic E-state index is 0.0623. The summed E-state index contributed by atoms with van der Waals surface area (Å²) in [4.78, 5) is 37.8. The number of ether oxygens (including phenoxy) is 3. The van der Waals surface area contributed by atoms with Crippen LogP contribution in [-0.4, -0.2) is 37.2 Å². The Morgan fingerprint density at radius 3 is 0.714 bits per heavy atom. The summed E-state index contributed by atoms with van der Waals surface area (Å²) in [7, 11) is 0. The minimum atomic E-state index is -0.758. The predicted octanol–water partition coefficient (Wildman–Crippen LogP) is 16.0. The Morgan fingerprint density at radius 2 is 0.482 bits per heavy atom. The Kier molecular flexibility index (Phi) is 44.8. The standard InChI is InChI=1S/C50H96O6/c1-4-7-10-13-16-19-22-23-24-25-26-27-28-29-32-34-37-40-43-49(52)55-46-47(56-50(53)44-41-38-35-31-21-18-15-12-9-6-3)45-54-48(51)42-39-36-33-30-20-17-14-11-8-5-2/h47H,4-46H2,1-3H3/t47-/m0/s1. The van der Waals surface area contributed by atoms with Crippen molar-refractivity contribution in [3.63, 3.8) is 0 Å². The molecule has 0 unspecified atom stereocenters. The second-order valence-electron chi connectivity index (χ2n) is 17.1. The highest BCUT2D eigenvalue weighted by Gasteiger charge is 2.19. The average Bonchev–Trinajstić information content (AvgIpc) is 3.19. The molecule has 0 aromatic carbocycles. The van der Waals surface area contributed by atoms with Gasteiger partial charge in [0.25, 0.3) is 0 Å². The molecule has 0 rings (SSSR count). The zero-order valence-corrected chi connectivity index (χ0v) is 37.9. The number of rotatable bonds is 46. The van der Waals surface area contributed by atoms with Crippen LogP contribution in [0, 0.1) is 0 Å². The molecule has 0 aliphatic heterocycles. The second kappa shape index (κ2) is 46.1. The van der Waals surface area contributed by atoms with Crippen LogP contribution in [-0.2, 0) is 28.6 Å². The maximum Gasteiger partial charge on any atom is 0.306 e. The topological polar surface area (TPSA) is 78.9 Å². The third-order valence-corrected chi connectivity index (χ3v) is 11.4. The summed E-state index contributed by atoms with van der Waals surface area (Å²) >= 11 is 0. The molecule has 56 heavy (non-hydrogen) atoms. The van der Waals surface area contributed by atoms with Crippen LogP contribution < -0.4 is 0 Å². The molecule has 1 atom stereocenters. The fraction of sp³-hybridized carbons (Fsp3) is 0.940. The Bertz CT molecular complexity index is 828. The van der Waals surface area contributed by atoms with Crippen molar-refractivity contribution in [3.05, 3.63) is 0 Å². The van der Waals surface area contributed by atoms with Crippen molar-refractivity contribution < 1.29 is 28.6 Å². The van der Waals surface area contributed by atoms with Gasteiger partial charge in [0, 0.05) is 19.3 Å². The summed E-state index contributed by atoms with van der Waals surface area (Å²) in [5.74, 6) is -0.848. The van der Waals surface area contributed by atoms with Gasteiger partial charge in [-0.2, -0.15) is 0 Å². The number of esters is 3. The SMILES string of the molecule is CCCCCCCCCCCCCCCCCCCCC(=O)OC[C@H](COC(=O)CCCCCCCCCCCC)OC(=O)CCCCCCCCCCCC. The molecule has 0 aliphatic carbocycles. The van der Waals surface area contributed by atoms with Gasteiger partial charge < -0.3 is 14.2 Å². The summed E-state index contributed by atoms with van der Waals surface area (Å²) in [6.45, 7) is 6.65. The highest BCUT2D eigenvalue weighted by Crippen LogP contribution is 2.16. The van der Waals surface area contributed by atoms with Gasteiger partial charge in [0.05, 0.1) is 0 Å². The van der Waals surface area contributed by atoms with E-state index in [4.69, 9.17) is 14.2 Å². The van der Waals surface area contributed by atoms with Gasteiger partial charge in [0.1, 0.15) is 13.2 Å². The van der Waals surface area contributed by atoms with E-state index >= 15 is 0 Å². The van der Waals surface area contributed by atoms with Crippen LogP contribution in [0.3, 0.4) is 0 Å². The molecule has 0 saturated heterocycles. The molecule has 0 heterocycles. The van der Waals surface area contributed by atoms with E-state index in [9.17, 15) is 14.4 Å². The normalized spacial score (nSPS) is 11.8. The van der Waals surface area contributed by atoms with Crippen molar-refractivity contribution >= 4 is 17.9 Å². The quantitative estimate of drug-likeness (QED) is 0.0347. The summed E-state index contributed by atoms with van der Waals surface area (Å²) in [6.07, 6.45) is 48.0. The molecule has 6 nitrogen and oxygen atoms in total. The molecule has 0 aliphatic rings. The first kappa shape index (κ1) is 54.4. The molecule has 0 N–H and O–H groups in total. The first-order valence-electron chi connectivity index (χ1n) is 25.0. The van der Waals surface area contributed by atoms with Gasteiger partial charge in [0.15, 0.2) is 6.10 Å². The van der Waals surface area contributed by atoms with Gasteiger partial charge in [-0.25, -0.2) is 0 Å². The maximum atomic E-state index is 12.7. The van der Waals surface area contributed by atoms with E-state index < -0.39 is 6.10 Å². The lowest BCUT2D eigenvalue weighted by atomic mass is 10.0. The molecule has 6 heteroatoms. The van der Waals surface area contributed by atoms with E-state index in [1.54, 1.807) is 0 Å². The lowest BCUT2D eigenvalue weighted by molar-refractivity contribution is -0.167. The van der Waals surface area contributed by atoms with Crippen molar-refractivity contribution in [2.45, 2.75) is 290 Å². The smallest absolute Gasteiger partial charge is 0.306 e. The highest BCUT2D eigenvalue weighted by atomic mass is 16.6. The van der Waals surface area contributed by atoms with Crippen molar-refractivity contribution in [1.29, 1.82) is 0 Å². The van der Waals surface area contributed by atoms with Gasteiger partial charge in [0.2, 0.25) is 0 Å². The van der Waals surface area contributed by atoms with Gasteiger partial charge >= 0.3 is 17.9 Å². The fourth-order valence-corrected chi connectivity index (χ4v) is 7.56. The van der Waals surface area contributed by atoms with Crippen molar-refractivity contribution in [2.75, 3.05) is 13.2 Å². The molecular formula is C50H96O6. The lowest BCUT2D eigenvalue weighted by Gasteiger charge is -2.18. The molecule has 332 valence electrons. The Hall–Kier alpha value is -1.59. The lowest BCUT2D eigenvalue weighted by Crippen LogP contribution is -2.30. The number of carbonyl (C=O) groups excluding carboxylic acids is 3. The summed E-state index contributed by atoms with van der Waals surface area (Å²) < 4.78 is 16.7. The largest absolute Gasteiger partial charge is 0.462 e. The van der Waals surface area contributed by atoms with Gasteiger partial charge in [-0.3, -0.25) is 14.4 Å². The monoisotopic (exact) mass is 793 g/mol. The number of hydrogen-bond acceptors (Lipinski definition) is 6. The van der Waals surface area contributed by atoms with Crippen molar-refractivity contribution in [3.8, 4) is 0 Å². The van der Waals surface area contributed by atoms with E-state index in [-0.39, 0.29) is 31.1 Å². The first-order chi connectivity index (χ1) is 27.5. The molecule has 0 spiro atoms. The van der Waals surface area contributed by atoms with Crippen LogP contribution in [0.4, 0.5) is 0 Å². The Morgan fingerprint density at radius 1 is 0.286 bits per heavy atom. The second-order valence-corrected chi connectivity index (χ2v) is 17.1. The average molecular weight is 793 g/mol. The fourth-order valence-electron chi connectivity index (χ4n) is 7.56. The van der Waals surface area contributed by atoms with Crippen LogP contribution in [0.25, 0.3) is 0 Å². The zero-order valence-electron chi connectivity index (χ0n) is 37.9. The van der Waals surface area contributed by atoms with Crippen LogP contribution >= 0.6 is 0 Å². The maximum absolute atomic E-state index is 12.7. The molecule has 0 aromatic heterocycles. The Labute approximate surface area is 348 Å². The van der Waals surface area contributed by atoms with Crippen LogP contribution in [0.2, 0.25) is 0 Å². The first-order valence-corrected chi connectivity index (χ1v) is 25.0. The zero-order chi connectivity index (χ0) is 40.8. The molecule has 0 aromatic rings. The van der Waals surface area contributed by atoms with Crippen LogP contribution in [0.5, 0.6) is 0 Å². The number of hydrogen-bond donors (Lipinski definition) is 0. The summed E-state index contributed by atoms with van der Waals surface area (Å²) in [6, 6.07) is 0. The van der Waals surface area contributed by atoms with Crippen molar-refractivity contribution in [2.24, 2.45) is 0 Å². The minimum Gasteiger partial charge on any atom is -0.462 e. The molecule has 0 radical (unpaired) electrons. The molecule has 0 amide bonds. The van der Waals surface area contributed by atoms with Crippen molar-refractivity contribution in [1.82, 2.24) is 0 Å². The van der Waals surface area contributed by atoms with Gasteiger partial charge in [-0.05, 0) is 19.3 Å².